The Balaban J connectivity index is 2.34. The zero-order valence-corrected chi connectivity index (χ0v) is 23.6. The highest BCUT2D eigenvalue weighted by atomic mass is 35.5. The number of pyridine rings is 1. The van der Waals surface area contributed by atoms with E-state index in [2.05, 4.69) is 11.6 Å². The number of benzene rings is 2. The highest BCUT2D eigenvalue weighted by molar-refractivity contribution is 6.33. The van der Waals surface area contributed by atoms with E-state index < -0.39 is 11.5 Å². The molecule has 3 atom stereocenters. The molecule has 3 aromatic rings. The molecule has 2 aromatic carbocycles. The summed E-state index contributed by atoms with van der Waals surface area (Å²) in [4.78, 5) is 6.69. The lowest BCUT2D eigenvalue weighted by Crippen LogP contribution is -2.38. The average molecular weight is 560 g/mol. The van der Waals surface area contributed by atoms with Gasteiger partial charge in [-0.25, -0.2) is 4.98 Å². The number of allylic oxidation sites excluding steroid dienone is 2. The summed E-state index contributed by atoms with van der Waals surface area (Å²) in [5, 5.41) is 13.7. The molecule has 0 radical (unpaired) electrons. The maximum Gasteiger partial charge on any atom is 0.216 e. The van der Waals surface area contributed by atoms with E-state index in [1.165, 1.54) is 5.54 Å². The van der Waals surface area contributed by atoms with Gasteiger partial charge >= 0.3 is 0 Å². The molecule has 196 valence electrons. The molecule has 0 aliphatic heterocycles. The summed E-state index contributed by atoms with van der Waals surface area (Å²) in [6.07, 6.45) is 6.58. The molecule has 0 fully saturated rings. The van der Waals surface area contributed by atoms with Crippen molar-refractivity contribution in [3.05, 3.63) is 117 Å². The topological polar surface area (TPSA) is 45.6 Å². The summed E-state index contributed by atoms with van der Waals surface area (Å²) in [5.41, 5.74) is 3.19. The van der Waals surface area contributed by atoms with Crippen molar-refractivity contribution in [1.82, 2.24) is 9.88 Å². The number of ether oxygens (including phenoxy) is 1. The molecule has 0 amide bonds. The molecular formula is C30H33Cl3N2O2. The minimum Gasteiger partial charge on any atom is -0.481 e. The largest absolute Gasteiger partial charge is 0.481 e. The molecule has 0 bridgehead atoms. The van der Waals surface area contributed by atoms with Gasteiger partial charge in [-0.05, 0) is 62.3 Å². The Morgan fingerprint density at radius 3 is 2.46 bits per heavy atom. The van der Waals surface area contributed by atoms with Gasteiger partial charge in [-0.15, -0.1) is 6.58 Å². The van der Waals surface area contributed by atoms with Crippen LogP contribution in [0.3, 0.4) is 0 Å². The summed E-state index contributed by atoms with van der Waals surface area (Å²) < 4.78 is 5.76. The zero-order valence-electron chi connectivity index (χ0n) is 21.4. The maximum atomic E-state index is 12.7. The van der Waals surface area contributed by atoms with Crippen molar-refractivity contribution in [3.8, 4) is 5.88 Å². The lowest BCUT2D eigenvalue weighted by Gasteiger charge is -2.39. The predicted molar refractivity (Wildman–Crippen MR) is 155 cm³/mol. The van der Waals surface area contributed by atoms with Gasteiger partial charge in [-0.2, -0.15) is 0 Å². The summed E-state index contributed by atoms with van der Waals surface area (Å²) in [5.74, 6) is -0.163. The minimum absolute atomic E-state index is 0.0202. The van der Waals surface area contributed by atoms with E-state index in [9.17, 15) is 5.11 Å². The first kappa shape index (κ1) is 29.2. The van der Waals surface area contributed by atoms with Crippen molar-refractivity contribution >= 4 is 34.8 Å². The van der Waals surface area contributed by atoms with Gasteiger partial charge in [0.1, 0.15) is 5.60 Å². The van der Waals surface area contributed by atoms with E-state index in [-0.39, 0.29) is 5.92 Å². The fourth-order valence-electron chi connectivity index (χ4n) is 4.65. The average Bonchev–Trinajstić information content (AvgIpc) is 2.90. The van der Waals surface area contributed by atoms with Gasteiger partial charge in [-0.3, -0.25) is 0 Å². The van der Waals surface area contributed by atoms with Gasteiger partial charge < -0.3 is 14.7 Å². The van der Waals surface area contributed by atoms with E-state index in [1.807, 2.05) is 67.5 Å². The van der Waals surface area contributed by atoms with Crippen molar-refractivity contribution in [3.63, 3.8) is 0 Å². The van der Waals surface area contributed by atoms with Gasteiger partial charge in [0.15, 0.2) is 0 Å². The van der Waals surface area contributed by atoms with Crippen LogP contribution in [-0.2, 0) is 5.60 Å². The Labute approximate surface area is 235 Å². The maximum absolute atomic E-state index is 12.7. The predicted octanol–water partition coefficient (Wildman–Crippen LogP) is 7.78. The van der Waals surface area contributed by atoms with Crippen molar-refractivity contribution < 1.29 is 9.84 Å². The number of nitrogens with zero attached hydrogens (tertiary/aromatic N) is 2. The van der Waals surface area contributed by atoms with Crippen LogP contribution in [0.25, 0.3) is 0 Å². The van der Waals surface area contributed by atoms with Crippen LogP contribution >= 0.6 is 34.8 Å². The molecule has 4 nitrogen and oxygen atoms in total. The third kappa shape index (κ3) is 6.95. The SMILES string of the molecule is C=CC(C/C=C/Cl)c1cnc(OC)c(C(c2ccccc2)C(O)(CCN(C)C)c2cc(Cl)ccc2Cl)c1. The van der Waals surface area contributed by atoms with E-state index in [4.69, 9.17) is 39.5 Å². The molecule has 37 heavy (non-hydrogen) atoms. The number of halogens is 3. The summed E-state index contributed by atoms with van der Waals surface area (Å²) in [6.45, 7) is 4.61. The van der Waals surface area contributed by atoms with E-state index in [1.54, 1.807) is 31.5 Å². The minimum atomic E-state index is -1.44. The van der Waals surface area contributed by atoms with E-state index >= 15 is 0 Å². The van der Waals surface area contributed by atoms with Gasteiger partial charge in [-0.1, -0.05) is 77.3 Å². The summed E-state index contributed by atoms with van der Waals surface area (Å²) in [6, 6.07) is 17.1. The van der Waals surface area contributed by atoms with E-state index in [0.717, 1.165) is 16.7 Å². The smallest absolute Gasteiger partial charge is 0.216 e. The van der Waals surface area contributed by atoms with Gasteiger partial charge in [0.05, 0.1) is 7.11 Å². The Morgan fingerprint density at radius 2 is 1.84 bits per heavy atom. The van der Waals surface area contributed by atoms with Crippen LogP contribution < -0.4 is 4.74 Å². The molecule has 0 spiro atoms. The fourth-order valence-corrected chi connectivity index (χ4v) is 5.20. The molecule has 3 rings (SSSR count). The molecule has 0 aliphatic carbocycles. The Bertz CT molecular complexity index is 1220. The van der Waals surface area contributed by atoms with Crippen molar-refractivity contribution in [1.29, 1.82) is 0 Å². The second kappa shape index (κ2) is 13.5. The molecule has 3 unspecified atom stereocenters. The van der Waals surface area contributed by atoms with Crippen LogP contribution in [0, 0.1) is 0 Å². The van der Waals surface area contributed by atoms with E-state index in [0.29, 0.717) is 40.9 Å². The first-order valence-electron chi connectivity index (χ1n) is 12.0. The lowest BCUT2D eigenvalue weighted by molar-refractivity contribution is 0.00384. The lowest BCUT2D eigenvalue weighted by atomic mass is 9.71. The number of methoxy groups -OCH3 is 1. The second-order valence-corrected chi connectivity index (χ2v) is 10.3. The number of rotatable bonds is 12. The van der Waals surface area contributed by atoms with Gasteiger partial charge in [0.2, 0.25) is 5.88 Å². The highest BCUT2D eigenvalue weighted by Gasteiger charge is 2.43. The first-order chi connectivity index (χ1) is 17.7. The standard InChI is InChI=1S/C30H33Cl3N2O2/c1-5-21(12-9-16-31)23-18-25(29(37-4)34-20-23)28(22-10-7-6-8-11-22)30(36,15-17-35(2)3)26-19-24(32)13-14-27(26)33/h5-11,13-14,16,18-21,28,36H,1,12,15,17H2,2-4H3/b16-9+. The molecule has 0 aliphatic rings. The second-order valence-electron chi connectivity index (χ2n) is 9.25. The monoisotopic (exact) mass is 558 g/mol. The van der Waals surface area contributed by atoms with Gasteiger partial charge in [0, 0.05) is 51.3 Å². The van der Waals surface area contributed by atoms with Crippen molar-refractivity contribution in [2.45, 2.75) is 30.3 Å². The molecule has 1 heterocycles. The highest BCUT2D eigenvalue weighted by Crippen LogP contribution is 2.49. The van der Waals surface area contributed by atoms with Crippen molar-refractivity contribution in [2.75, 3.05) is 27.7 Å². The third-order valence-electron chi connectivity index (χ3n) is 6.54. The fraction of sp³-hybridized carbons (Fsp3) is 0.300. The van der Waals surface area contributed by atoms with Crippen LogP contribution in [0.4, 0.5) is 0 Å². The first-order valence-corrected chi connectivity index (χ1v) is 13.2. The molecular weight excluding hydrogens is 527 g/mol. The molecule has 0 saturated heterocycles. The third-order valence-corrected chi connectivity index (χ3v) is 7.28. The summed E-state index contributed by atoms with van der Waals surface area (Å²) in [7, 11) is 5.53. The molecule has 7 heteroatoms. The Hall–Kier alpha value is -2.34. The van der Waals surface area contributed by atoms with Gasteiger partial charge in [0.25, 0.3) is 0 Å². The molecule has 1 N–H and O–H groups in total. The van der Waals surface area contributed by atoms with Crippen LogP contribution in [0.2, 0.25) is 10.0 Å². The number of aliphatic hydroxyl groups is 1. The zero-order chi connectivity index (χ0) is 27.0. The Kier molecular flexibility index (Phi) is 10.6. The summed E-state index contributed by atoms with van der Waals surface area (Å²) >= 11 is 19.0. The van der Waals surface area contributed by atoms with Crippen LogP contribution in [-0.4, -0.2) is 42.7 Å². The number of aromatic nitrogens is 1. The van der Waals surface area contributed by atoms with Crippen LogP contribution in [0.5, 0.6) is 5.88 Å². The normalized spacial score (nSPS) is 14.9. The van der Waals surface area contributed by atoms with Crippen molar-refractivity contribution in [2.24, 2.45) is 0 Å². The molecule has 1 aromatic heterocycles. The number of hydrogen-bond donors (Lipinski definition) is 1. The quantitative estimate of drug-likeness (QED) is 0.230. The molecule has 0 saturated carbocycles. The Morgan fingerprint density at radius 1 is 1.11 bits per heavy atom. The van der Waals surface area contributed by atoms with Crippen LogP contribution in [0.15, 0.2) is 85.1 Å². The van der Waals surface area contributed by atoms with Crippen LogP contribution in [0.1, 0.15) is 46.9 Å². The number of hydrogen-bond acceptors (Lipinski definition) is 4.